The molecular weight excluding hydrogens is 761 g/mol. The molecule has 2 aliphatic carbocycles. The van der Waals surface area contributed by atoms with Gasteiger partial charge in [-0.1, -0.05) is 253 Å². The number of rotatable bonds is 10. The van der Waals surface area contributed by atoms with Crippen LogP contribution in [0.1, 0.15) is 255 Å². The number of hydrogen-bond acceptors (Lipinski definition) is 1. The Morgan fingerprint density at radius 2 is 0.873 bits per heavy atom. The van der Waals surface area contributed by atoms with Gasteiger partial charge in [0.25, 0.3) is 0 Å². The number of aliphatic hydroxyl groups is 1. The van der Waals surface area contributed by atoms with Crippen LogP contribution in [0.2, 0.25) is 0 Å². The highest BCUT2D eigenvalue weighted by Crippen LogP contribution is 2.36. The Kier molecular flexibility index (Phi) is 51.3. The van der Waals surface area contributed by atoms with Gasteiger partial charge in [0, 0.05) is 6.10 Å². The van der Waals surface area contributed by atoms with Crippen molar-refractivity contribution in [3.8, 4) is 0 Å². The Balaban J connectivity index is -0.000000150. The van der Waals surface area contributed by atoms with E-state index >= 15 is 0 Å². The van der Waals surface area contributed by atoms with Crippen molar-refractivity contribution >= 4 is 0 Å². The van der Waals surface area contributed by atoms with Gasteiger partial charge in [-0.3, -0.25) is 0 Å². The monoisotopic (exact) mass is 885 g/mol. The van der Waals surface area contributed by atoms with Gasteiger partial charge in [-0.05, 0) is 140 Å². The van der Waals surface area contributed by atoms with Crippen LogP contribution in [0, 0.1) is 72.0 Å². The van der Waals surface area contributed by atoms with Crippen molar-refractivity contribution in [2.75, 3.05) is 0 Å². The lowest BCUT2D eigenvalue weighted by atomic mass is 9.85. The first-order chi connectivity index (χ1) is 28.3. The summed E-state index contributed by atoms with van der Waals surface area (Å²) in [6.07, 6.45) is 12.3. The number of benzene rings is 2. The molecule has 0 aliphatic heterocycles. The summed E-state index contributed by atoms with van der Waals surface area (Å²) in [4.78, 5) is 0. The van der Waals surface area contributed by atoms with E-state index < -0.39 is 0 Å². The smallest absolute Gasteiger partial charge is 0.0483 e. The number of aryl methyl sites for hydroxylation is 1. The molecule has 4 rings (SSSR count). The summed E-state index contributed by atoms with van der Waals surface area (Å²) >= 11 is 0. The molecule has 1 nitrogen and oxygen atoms in total. The topological polar surface area (TPSA) is 20.2 Å². The Morgan fingerprint density at radius 1 is 0.524 bits per heavy atom. The summed E-state index contributed by atoms with van der Waals surface area (Å²) in [5.74, 6) is 9.94. The lowest BCUT2D eigenvalue weighted by Gasteiger charge is -2.20. The van der Waals surface area contributed by atoms with Crippen molar-refractivity contribution in [1.82, 2.24) is 0 Å². The minimum atomic E-state index is -0.167. The average Bonchev–Trinajstić information content (AvgIpc) is 4.06. The minimum Gasteiger partial charge on any atom is -0.394 e. The van der Waals surface area contributed by atoms with E-state index in [9.17, 15) is 0 Å². The second kappa shape index (κ2) is 44.2. The molecule has 0 radical (unpaired) electrons. The maximum Gasteiger partial charge on any atom is 0.0483 e. The molecule has 0 aromatic heterocycles. The molecule has 2 aromatic rings. The van der Waals surface area contributed by atoms with E-state index in [-0.39, 0.29) is 18.9 Å². The highest BCUT2D eigenvalue weighted by molar-refractivity contribution is 5.28. The molecule has 0 bridgehead atoms. The highest BCUT2D eigenvalue weighted by Gasteiger charge is 2.24. The fourth-order valence-electron chi connectivity index (χ4n) is 4.61. The van der Waals surface area contributed by atoms with E-state index in [0.717, 1.165) is 65.1 Å². The van der Waals surface area contributed by atoms with Crippen molar-refractivity contribution in [2.24, 2.45) is 65.1 Å². The van der Waals surface area contributed by atoms with Crippen molar-refractivity contribution in [2.45, 2.75) is 264 Å². The molecular formula is C62H124O. The van der Waals surface area contributed by atoms with Gasteiger partial charge in [0.15, 0.2) is 0 Å². The molecule has 1 N–H and O–H groups in total. The highest BCUT2D eigenvalue weighted by atomic mass is 16.3. The fourth-order valence-corrected chi connectivity index (χ4v) is 4.61. The molecule has 0 atom stereocenters. The zero-order chi connectivity index (χ0) is 49.8. The minimum absolute atomic E-state index is 0. The molecule has 378 valence electrons. The maximum atomic E-state index is 8.06. The molecule has 2 fully saturated rings. The second-order valence-corrected chi connectivity index (χ2v) is 23.7. The zero-order valence-corrected chi connectivity index (χ0v) is 47.9. The van der Waals surface area contributed by atoms with E-state index in [1.807, 2.05) is 0 Å². The SMILES string of the molecule is C.CC(C)C.CC(C)C(C)C.CC(C)C1CC1.CC(C)CC1CC1.CC(C)Cc1cccc(C(C)(C)C)c1.CC(C)O.CCC(C)C.CCC(C)C.Cc1ccc(CC(C)C)cc1. The van der Waals surface area contributed by atoms with E-state index in [4.69, 9.17) is 5.11 Å². The summed E-state index contributed by atoms with van der Waals surface area (Å²) in [6, 6.07) is 17.8. The van der Waals surface area contributed by atoms with Crippen LogP contribution in [-0.4, -0.2) is 11.2 Å². The van der Waals surface area contributed by atoms with E-state index in [1.165, 1.54) is 80.0 Å². The van der Waals surface area contributed by atoms with Crippen molar-refractivity contribution in [1.29, 1.82) is 0 Å². The zero-order valence-electron chi connectivity index (χ0n) is 47.9. The van der Waals surface area contributed by atoms with Gasteiger partial charge in [-0.25, -0.2) is 0 Å². The molecule has 0 heterocycles. The Bertz CT molecular complexity index is 1130. The van der Waals surface area contributed by atoms with E-state index in [2.05, 4.69) is 222 Å². The Labute approximate surface area is 403 Å². The molecule has 0 spiro atoms. The normalized spacial score (nSPS) is 12.7. The molecule has 0 unspecified atom stereocenters. The molecule has 63 heavy (non-hydrogen) atoms. The first-order valence-corrected chi connectivity index (χ1v) is 26.1. The average molecular weight is 886 g/mol. The molecule has 1 heteroatoms. The lowest BCUT2D eigenvalue weighted by molar-refractivity contribution is 0.216. The van der Waals surface area contributed by atoms with Crippen molar-refractivity contribution < 1.29 is 5.11 Å². The van der Waals surface area contributed by atoms with Gasteiger partial charge in [-0.2, -0.15) is 0 Å². The summed E-state index contributed by atoms with van der Waals surface area (Å²) in [5.41, 5.74) is 5.97. The van der Waals surface area contributed by atoms with Gasteiger partial charge in [0.1, 0.15) is 0 Å². The fraction of sp³-hybridized carbons (Fsp3) is 0.806. The summed E-state index contributed by atoms with van der Waals surface area (Å²) in [6.45, 7) is 59.4. The summed E-state index contributed by atoms with van der Waals surface area (Å²) in [7, 11) is 0. The lowest BCUT2D eigenvalue weighted by Crippen LogP contribution is -2.11. The van der Waals surface area contributed by atoms with Crippen molar-refractivity contribution in [3.63, 3.8) is 0 Å². The van der Waals surface area contributed by atoms with Gasteiger partial charge >= 0.3 is 0 Å². The number of aliphatic hydroxyl groups excluding tert-OH is 1. The van der Waals surface area contributed by atoms with Crippen LogP contribution >= 0.6 is 0 Å². The summed E-state index contributed by atoms with van der Waals surface area (Å²) < 4.78 is 0. The molecule has 2 aliphatic rings. The van der Waals surface area contributed by atoms with Crippen molar-refractivity contribution in [3.05, 3.63) is 70.8 Å². The van der Waals surface area contributed by atoms with Crippen LogP contribution in [0.3, 0.4) is 0 Å². The van der Waals surface area contributed by atoms with Crippen LogP contribution in [-0.2, 0) is 18.3 Å². The first kappa shape index (κ1) is 73.0. The third kappa shape index (κ3) is 69.6. The maximum absolute atomic E-state index is 8.06. The van der Waals surface area contributed by atoms with Gasteiger partial charge in [0.05, 0.1) is 0 Å². The van der Waals surface area contributed by atoms with Crippen LogP contribution < -0.4 is 0 Å². The predicted molar refractivity (Wildman–Crippen MR) is 298 cm³/mol. The standard InChI is InChI=1S/C14H22.C11H16.C7H14.C6H12.C6H14.2C5H12.C4H10.C3H8O.CH4/c1-11(2)9-12-7-6-8-13(10-12)14(3,4)5;1-9(2)8-11-6-4-10(3)5-7-11;1-6(2)5-7-3-4-7;1-5(2)6-3-4-6;1-5(2)6(3)4;2*1-4-5(2)3;1-4(2)3;1-3(2)4;/h6-8,10-11H,9H2,1-5H3;4-7,9H,8H2,1-3H3;6-7H,3-5H2,1-2H3;5-6H,3-4H2,1-2H3;5-6H,1-4H3;2*5H,4H2,1-3H3;4H,1-3H3;3-4H,1-2H3;1H4. The van der Waals surface area contributed by atoms with Crippen LogP contribution in [0.4, 0.5) is 0 Å². The van der Waals surface area contributed by atoms with E-state index in [1.54, 1.807) is 13.8 Å². The third-order valence-electron chi connectivity index (χ3n) is 10.2. The molecule has 2 saturated carbocycles. The predicted octanol–water partition coefficient (Wildman–Crippen LogP) is 21.0. The molecule has 0 amide bonds. The van der Waals surface area contributed by atoms with Crippen LogP contribution in [0.15, 0.2) is 48.5 Å². The second-order valence-electron chi connectivity index (χ2n) is 23.7. The van der Waals surface area contributed by atoms with Crippen LogP contribution in [0.5, 0.6) is 0 Å². The number of hydrogen-bond donors (Lipinski definition) is 1. The van der Waals surface area contributed by atoms with Crippen LogP contribution in [0.25, 0.3) is 0 Å². The van der Waals surface area contributed by atoms with Gasteiger partial charge < -0.3 is 5.11 Å². The van der Waals surface area contributed by atoms with Gasteiger partial charge in [-0.15, -0.1) is 0 Å². The third-order valence-corrected chi connectivity index (χ3v) is 10.2. The molecule has 2 aromatic carbocycles. The largest absolute Gasteiger partial charge is 0.394 e. The quantitative estimate of drug-likeness (QED) is 0.252. The van der Waals surface area contributed by atoms with Gasteiger partial charge in [0.2, 0.25) is 0 Å². The Hall–Kier alpha value is -1.60. The van der Waals surface area contributed by atoms with E-state index in [0.29, 0.717) is 0 Å². The summed E-state index contributed by atoms with van der Waals surface area (Å²) in [5, 5.41) is 8.06. The molecule has 0 saturated heterocycles. The first-order valence-electron chi connectivity index (χ1n) is 26.1. The Morgan fingerprint density at radius 3 is 1.08 bits per heavy atom.